The van der Waals surface area contributed by atoms with E-state index in [0.717, 1.165) is 11.3 Å². The van der Waals surface area contributed by atoms with Gasteiger partial charge in [0.2, 0.25) is 5.91 Å². The van der Waals surface area contributed by atoms with Gasteiger partial charge in [0.05, 0.1) is 11.7 Å². The second-order valence-corrected chi connectivity index (χ2v) is 5.40. The van der Waals surface area contributed by atoms with Crippen LogP contribution >= 0.6 is 11.3 Å². The van der Waals surface area contributed by atoms with Crippen molar-refractivity contribution in [2.45, 2.75) is 39.3 Å². The number of rotatable bonds is 5. The minimum atomic E-state index is -0.0809. The van der Waals surface area contributed by atoms with Crippen LogP contribution in [0.1, 0.15) is 26.7 Å². The molecule has 2 rings (SSSR count). The van der Waals surface area contributed by atoms with Crippen molar-refractivity contribution in [1.82, 2.24) is 14.9 Å². The topological polar surface area (TPSA) is 64.0 Å². The summed E-state index contributed by atoms with van der Waals surface area (Å²) >= 11 is 1.44. The first-order valence-electron chi connectivity index (χ1n) is 6.33. The number of hydrogen-bond acceptors (Lipinski definition) is 4. The Hall–Kier alpha value is -1.69. The summed E-state index contributed by atoms with van der Waals surface area (Å²) in [6.45, 7) is 4.34. The Morgan fingerprint density at radius 2 is 2.37 bits per heavy atom. The van der Waals surface area contributed by atoms with Gasteiger partial charge in [-0.05, 0) is 24.8 Å². The molecule has 0 aliphatic rings. The van der Waals surface area contributed by atoms with Gasteiger partial charge in [-0.15, -0.1) is 11.3 Å². The molecule has 19 heavy (non-hydrogen) atoms. The van der Waals surface area contributed by atoms with Gasteiger partial charge >= 0.3 is 0 Å². The fourth-order valence-corrected chi connectivity index (χ4v) is 2.45. The molecule has 0 saturated heterocycles. The molecule has 0 aliphatic carbocycles. The van der Waals surface area contributed by atoms with Crippen LogP contribution in [0.15, 0.2) is 22.6 Å². The van der Waals surface area contributed by atoms with E-state index in [1.807, 2.05) is 19.2 Å². The van der Waals surface area contributed by atoms with Crippen LogP contribution < -0.4 is 10.9 Å². The van der Waals surface area contributed by atoms with Crippen LogP contribution in [-0.2, 0) is 11.3 Å². The highest BCUT2D eigenvalue weighted by molar-refractivity contribution is 7.16. The lowest BCUT2D eigenvalue weighted by atomic mass is 10.2. The highest BCUT2D eigenvalue weighted by atomic mass is 32.1. The number of hydrogen-bond donors (Lipinski definition) is 1. The molecule has 0 aliphatic heterocycles. The zero-order valence-corrected chi connectivity index (χ0v) is 11.9. The van der Waals surface area contributed by atoms with Gasteiger partial charge in [-0.2, -0.15) is 0 Å². The van der Waals surface area contributed by atoms with Gasteiger partial charge in [0, 0.05) is 19.0 Å². The number of nitrogens with one attached hydrogen (secondary N) is 1. The Morgan fingerprint density at radius 1 is 1.58 bits per heavy atom. The monoisotopic (exact) mass is 279 g/mol. The second-order valence-electron chi connectivity index (χ2n) is 4.51. The predicted octanol–water partition coefficient (Wildman–Crippen LogP) is 1.76. The van der Waals surface area contributed by atoms with Crippen molar-refractivity contribution < 1.29 is 4.79 Å². The van der Waals surface area contributed by atoms with Gasteiger partial charge in [-0.3, -0.25) is 14.2 Å². The summed E-state index contributed by atoms with van der Waals surface area (Å²) in [6, 6.07) is 1.94. The lowest BCUT2D eigenvalue weighted by molar-refractivity contribution is -0.121. The normalized spacial score (nSPS) is 12.5. The molecule has 2 aromatic heterocycles. The molecule has 6 heteroatoms. The quantitative estimate of drug-likeness (QED) is 0.907. The highest BCUT2D eigenvalue weighted by Gasteiger charge is 2.08. The molecule has 2 heterocycles. The van der Waals surface area contributed by atoms with Gasteiger partial charge < -0.3 is 5.32 Å². The van der Waals surface area contributed by atoms with Crippen molar-refractivity contribution in [2.75, 3.05) is 0 Å². The number of carbonyl (C=O) groups excluding carboxylic acids is 1. The van der Waals surface area contributed by atoms with Crippen molar-refractivity contribution >= 4 is 27.5 Å². The number of aromatic nitrogens is 2. The van der Waals surface area contributed by atoms with Crippen LogP contribution in [0.3, 0.4) is 0 Å². The summed E-state index contributed by atoms with van der Waals surface area (Å²) in [5.41, 5.74) is -0.0809. The van der Waals surface area contributed by atoms with Crippen LogP contribution in [0.5, 0.6) is 0 Å². The minimum Gasteiger partial charge on any atom is -0.354 e. The molecule has 0 spiro atoms. The first kappa shape index (κ1) is 13.7. The third-order valence-corrected chi connectivity index (χ3v) is 3.87. The van der Waals surface area contributed by atoms with Gasteiger partial charge in [-0.1, -0.05) is 6.92 Å². The van der Waals surface area contributed by atoms with E-state index in [9.17, 15) is 9.59 Å². The number of amides is 1. The fourth-order valence-electron chi connectivity index (χ4n) is 1.72. The number of carbonyl (C=O) groups is 1. The van der Waals surface area contributed by atoms with Crippen LogP contribution in [0.4, 0.5) is 0 Å². The van der Waals surface area contributed by atoms with E-state index in [1.165, 1.54) is 22.2 Å². The maximum Gasteiger partial charge on any atom is 0.262 e. The number of fused-ring (bicyclic) bond motifs is 1. The highest BCUT2D eigenvalue weighted by Crippen LogP contribution is 2.13. The third kappa shape index (κ3) is 3.20. The van der Waals surface area contributed by atoms with Crippen LogP contribution in [0.2, 0.25) is 0 Å². The Labute approximate surface area is 115 Å². The van der Waals surface area contributed by atoms with Gasteiger partial charge in [-0.25, -0.2) is 4.98 Å². The molecule has 1 atom stereocenters. The molecule has 102 valence electrons. The minimum absolute atomic E-state index is 0.0355. The van der Waals surface area contributed by atoms with E-state index < -0.39 is 0 Å². The molecule has 1 unspecified atom stereocenters. The van der Waals surface area contributed by atoms with E-state index in [-0.39, 0.29) is 17.5 Å². The molecule has 1 N–H and O–H groups in total. The average molecular weight is 279 g/mol. The number of aryl methyl sites for hydroxylation is 1. The second kappa shape index (κ2) is 5.97. The van der Waals surface area contributed by atoms with Gasteiger partial charge in [0.25, 0.3) is 5.56 Å². The Morgan fingerprint density at radius 3 is 3.11 bits per heavy atom. The maximum absolute atomic E-state index is 12.1. The molecular formula is C13H17N3O2S. The van der Waals surface area contributed by atoms with E-state index in [4.69, 9.17) is 0 Å². The van der Waals surface area contributed by atoms with Crippen LogP contribution in [-0.4, -0.2) is 21.5 Å². The molecule has 0 saturated carbocycles. The Bertz CT molecular complexity index is 632. The summed E-state index contributed by atoms with van der Waals surface area (Å²) in [4.78, 5) is 28.7. The van der Waals surface area contributed by atoms with Gasteiger partial charge in [0.15, 0.2) is 0 Å². The van der Waals surface area contributed by atoms with E-state index in [2.05, 4.69) is 10.3 Å². The summed E-state index contributed by atoms with van der Waals surface area (Å²) in [5.74, 6) is -0.0355. The standard InChI is InChI=1S/C13H17N3O2S/c1-3-9(2)15-11(17)4-6-16-8-14-12-10(13(16)18)5-7-19-12/h5,7-9H,3-4,6H2,1-2H3,(H,15,17). The van der Waals surface area contributed by atoms with Crippen molar-refractivity contribution in [1.29, 1.82) is 0 Å². The van der Waals surface area contributed by atoms with Crippen molar-refractivity contribution in [3.05, 3.63) is 28.1 Å². The van der Waals surface area contributed by atoms with E-state index >= 15 is 0 Å². The zero-order valence-electron chi connectivity index (χ0n) is 11.0. The van der Waals surface area contributed by atoms with E-state index in [0.29, 0.717) is 18.4 Å². The molecule has 0 fully saturated rings. The maximum atomic E-state index is 12.1. The average Bonchev–Trinajstić information content (AvgIpc) is 2.87. The fraction of sp³-hybridized carbons (Fsp3) is 0.462. The predicted molar refractivity (Wildman–Crippen MR) is 76.4 cm³/mol. The molecule has 0 radical (unpaired) electrons. The first-order valence-corrected chi connectivity index (χ1v) is 7.21. The molecule has 2 aromatic rings. The van der Waals surface area contributed by atoms with Crippen LogP contribution in [0.25, 0.3) is 10.2 Å². The molecule has 5 nitrogen and oxygen atoms in total. The summed E-state index contributed by atoms with van der Waals surface area (Å²) in [5, 5.41) is 5.35. The summed E-state index contributed by atoms with van der Waals surface area (Å²) in [7, 11) is 0. The summed E-state index contributed by atoms with van der Waals surface area (Å²) < 4.78 is 1.49. The lowest BCUT2D eigenvalue weighted by Crippen LogP contribution is -2.33. The van der Waals surface area contributed by atoms with Gasteiger partial charge in [0.1, 0.15) is 4.83 Å². The summed E-state index contributed by atoms with van der Waals surface area (Å²) in [6.07, 6.45) is 2.70. The van der Waals surface area contributed by atoms with Crippen molar-refractivity contribution in [2.24, 2.45) is 0 Å². The smallest absolute Gasteiger partial charge is 0.262 e. The molecule has 1 amide bonds. The molecular weight excluding hydrogens is 262 g/mol. The van der Waals surface area contributed by atoms with E-state index in [1.54, 1.807) is 6.07 Å². The Balaban J connectivity index is 2.04. The SMILES string of the molecule is CCC(C)NC(=O)CCn1cnc2sccc2c1=O. The lowest BCUT2D eigenvalue weighted by Gasteiger charge is -2.11. The number of nitrogens with zero attached hydrogens (tertiary/aromatic N) is 2. The zero-order chi connectivity index (χ0) is 13.8. The molecule has 0 aromatic carbocycles. The van der Waals surface area contributed by atoms with Crippen molar-refractivity contribution in [3.8, 4) is 0 Å². The van der Waals surface area contributed by atoms with Crippen LogP contribution in [0, 0.1) is 0 Å². The third-order valence-electron chi connectivity index (χ3n) is 3.05. The first-order chi connectivity index (χ1) is 9.11. The Kier molecular flexibility index (Phi) is 4.31. The largest absolute Gasteiger partial charge is 0.354 e. The molecule has 0 bridgehead atoms. The number of thiophene rings is 1. The van der Waals surface area contributed by atoms with Crippen molar-refractivity contribution in [3.63, 3.8) is 0 Å².